The predicted molar refractivity (Wildman–Crippen MR) is 79.8 cm³/mol. The average Bonchev–Trinajstić information content (AvgIpc) is 2.92. The Labute approximate surface area is 129 Å². The lowest BCUT2D eigenvalue weighted by Crippen LogP contribution is -2.01. The fourth-order valence-electron chi connectivity index (χ4n) is 1.72. The van der Waals surface area contributed by atoms with Crippen molar-refractivity contribution in [1.82, 2.24) is 15.0 Å². The third-order valence-electron chi connectivity index (χ3n) is 2.75. The van der Waals surface area contributed by atoms with Crippen molar-refractivity contribution in [3.05, 3.63) is 44.7 Å². The number of hydrogen-bond donors (Lipinski definition) is 2. The number of hydrogen-bond acceptors (Lipinski definition) is 6. The molecule has 1 heterocycles. The van der Waals surface area contributed by atoms with E-state index in [1.54, 1.807) is 23.0 Å². The maximum Gasteiger partial charge on any atom is 0.285 e. The fourth-order valence-corrected chi connectivity index (χ4v) is 2.11. The highest BCUT2D eigenvalue weighted by Crippen LogP contribution is 2.27. The molecule has 0 fully saturated rings. The lowest BCUT2D eigenvalue weighted by Gasteiger charge is -2.04. The second-order valence-electron chi connectivity index (χ2n) is 4.33. The summed E-state index contributed by atoms with van der Waals surface area (Å²) in [6, 6.07) is 4.83. The van der Waals surface area contributed by atoms with E-state index in [1.807, 2.05) is 0 Å². The standard InChI is InChI=1S/C12H14BrN5O3/c13-11-3-2-9(6-12(11)18(20)21)14-7-10-8-17(16-15-10)4-1-5-19/h2-3,6,8,14,19H,1,4-5,7H2. The first-order valence-electron chi connectivity index (χ1n) is 6.28. The van der Waals surface area contributed by atoms with E-state index in [0.29, 0.717) is 29.7 Å². The van der Waals surface area contributed by atoms with Gasteiger partial charge in [0.2, 0.25) is 0 Å². The van der Waals surface area contributed by atoms with Crippen LogP contribution in [0.2, 0.25) is 0 Å². The number of nitrogens with zero attached hydrogens (tertiary/aromatic N) is 4. The zero-order chi connectivity index (χ0) is 15.2. The Balaban J connectivity index is 1.98. The Hall–Kier alpha value is -2.00. The Bertz CT molecular complexity index is 631. The molecule has 112 valence electrons. The predicted octanol–water partition coefficient (Wildman–Crippen LogP) is 1.94. The summed E-state index contributed by atoms with van der Waals surface area (Å²) in [5, 5.41) is 30.6. The summed E-state index contributed by atoms with van der Waals surface area (Å²) in [6.07, 6.45) is 2.39. The molecule has 1 aromatic carbocycles. The Morgan fingerprint density at radius 2 is 2.29 bits per heavy atom. The van der Waals surface area contributed by atoms with Crippen LogP contribution in [0.4, 0.5) is 11.4 Å². The molecular formula is C12H14BrN5O3. The van der Waals surface area contributed by atoms with Gasteiger partial charge >= 0.3 is 0 Å². The van der Waals surface area contributed by atoms with Crippen LogP contribution in [-0.2, 0) is 13.1 Å². The van der Waals surface area contributed by atoms with E-state index < -0.39 is 4.92 Å². The van der Waals surface area contributed by atoms with Crippen molar-refractivity contribution in [2.75, 3.05) is 11.9 Å². The summed E-state index contributed by atoms with van der Waals surface area (Å²) in [5.41, 5.74) is 1.36. The third kappa shape index (κ3) is 4.23. The van der Waals surface area contributed by atoms with Gasteiger partial charge in [0, 0.05) is 24.9 Å². The Morgan fingerprint density at radius 3 is 3.00 bits per heavy atom. The molecule has 2 N–H and O–H groups in total. The number of rotatable bonds is 7. The van der Waals surface area contributed by atoms with Gasteiger partial charge in [-0.2, -0.15) is 0 Å². The van der Waals surface area contributed by atoms with Gasteiger partial charge in [-0.25, -0.2) is 0 Å². The molecule has 21 heavy (non-hydrogen) atoms. The quantitative estimate of drug-likeness (QED) is 0.580. The monoisotopic (exact) mass is 355 g/mol. The number of halogens is 1. The number of anilines is 1. The zero-order valence-electron chi connectivity index (χ0n) is 11.1. The highest BCUT2D eigenvalue weighted by Gasteiger charge is 2.12. The molecule has 1 aromatic heterocycles. The van der Waals surface area contributed by atoms with E-state index in [2.05, 4.69) is 31.6 Å². The molecule has 0 saturated heterocycles. The summed E-state index contributed by atoms with van der Waals surface area (Å²) >= 11 is 3.14. The van der Waals surface area contributed by atoms with Gasteiger partial charge in [-0.3, -0.25) is 14.8 Å². The van der Waals surface area contributed by atoms with Crippen molar-refractivity contribution in [2.24, 2.45) is 0 Å². The van der Waals surface area contributed by atoms with Crippen LogP contribution < -0.4 is 5.32 Å². The van der Waals surface area contributed by atoms with Crippen LogP contribution in [0.3, 0.4) is 0 Å². The summed E-state index contributed by atoms with van der Waals surface area (Å²) in [7, 11) is 0. The minimum atomic E-state index is -0.444. The smallest absolute Gasteiger partial charge is 0.285 e. The highest BCUT2D eigenvalue weighted by atomic mass is 79.9. The molecule has 0 spiro atoms. The normalized spacial score (nSPS) is 10.6. The number of nitro benzene ring substituents is 1. The third-order valence-corrected chi connectivity index (χ3v) is 3.42. The van der Waals surface area contributed by atoms with Gasteiger partial charge in [-0.15, -0.1) is 5.10 Å². The van der Waals surface area contributed by atoms with Crippen LogP contribution in [0.5, 0.6) is 0 Å². The number of aliphatic hydroxyl groups excluding tert-OH is 1. The Morgan fingerprint density at radius 1 is 1.48 bits per heavy atom. The Kier molecular flexibility index (Phi) is 5.23. The maximum atomic E-state index is 10.9. The fraction of sp³-hybridized carbons (Fsp3) is 0.333. The minimum Gasteiger partial charge on any atom is -0.396 e. The number of aromatic nitrogens is 3. The van der Waals surface area contributed by atoms with Crippen molar-refractivity contribution < 1.29 is 10.0 Å². The molecule has 0 amide bonds. The van der Waals surface area contributed by atoms with Crippen molar-refractivity contribution in [3.8, 4) is 0 Å². The topological polar surface area (TPSA) is 106 Å². The van der Waals surface area contributed by atoms with Crippen LogP contribution >= 0.6 is 15.9 Å². The second kappa shape index (κ2) is 7.14. The maximum absolute atomic E-state index is 10.9. The molecule has 0 aliphatic heterocycles. The van der Waals surface area contributed by atoms with Gasteiger partial charge in [-0.1, -0.05) is 5.21 Å². The van der Waals surface area contributed by atoms with Gasteiger partial charge in [0.05, 0.1) is 22.1 Å². The van der Waals surface area contributed by atoms with Gasteiger partial charge in [0.15, 0.2) is 0 Å². The molecule has 0 saturated carbocycles. The molecule has 0 atom stereocenters. The largest absolute Gasteiger partial charge is 0.396 e. The first-order chi connectivity index (χ1) is 10.1. The molecular weight excluding hydrogens is 342 g/mol. The van der Waals surface area contributed by atoms with Crippen LogP contribution in [0.15, 0.2) is 28.9 Å². The highest BCUT2D eigenvalue weighted by molar-refractivity contribution is 9.10. The number of aliphatic hydroxyl groups is 1. The number of benzene rings is 1. The first kappa shape index (κ1) is 15.4. The molecule has 2 aromatic rings. The van der Waals surface area contributed by atoms with Gasteiger partial charge in [0.1, 0.15) is 5.69 Å². The summed E-state index contributed by atoms with van der Waals surface area (Å²) < 4.78 is 2.09. The SMILES string of the molecule is O=[N+]([O-])c1cc(NCc2cn(CCCO)nn2)ccc1Br. The van der Waals surface area contributed by atoms with Crippen LogP contribution in [-0.4, -0.2) is 31.6 Å². The molecule has 0 radical (unpaired) electrons. The summed E-state index contributed by atoms with van der Waals surface area (Å²) in [4.78, 5) is 10.4. The average molecular weight is 356 g/mol. The number of nitro groups is 1. The van der Waals surface area contributed by atoms with Crippen LogP contribution in [0.1, 0.15) is 12.1 Å². The summed E-state index contributed by atoms with van der Waals surface area (Å²) in [5.74, 6) is 0. The van der Waals surface area contributed by atoms with E-state index >= 15 is 0 Å². The minimum absolute atomic E-state index is 0.00611. The van der Waals surface area contributed by atoms with Crippen molar-refractivity contribution >= 4 is 27.3 Å². The summed E-state index contributed by atoms with van der Waals surface area (Å²) in [6.45, 7) is 1.13. The molecule has 0 aliphatic carbocycles. The number of aryl methyl sites for hydroxylation is 1. The van der Waals surface area contributed by atoms with Crippen molar-refractivity contribution in [2.45, 2.75) is 19.5 Å². The van der Waals surface area contributed by atoms with Crippen molar-refractivity contribution in [1.29, 1.82) is 0 Å². The van der Waals surface area contributed by atoms with Gasteiger partial charge < -0.3 is 10.4 Å². The van der Waals surface area contributed by atoms with Gasteiger partial charge in [0.25, 0.3) is 5.69 Å². The van der Waals surface area contributed by atoms with E-state index in [4.69, 9.17) is 5.11 Å². The van der Waals surface area contributed by atoms with E-state index in [9.17, 15) is 10.1 Å². The molecule has 0 aliphatic rings. The molecule has 2 rings (SSSR count). The number of nitrogens with one attached hydrogen (secondary N) is 1. The van der Waals surface area contributed by atoms with E-state index in [-0.39, 0.29) is 12.3 Å². The van der Waals surface area contributed by atoms with Crippen molar-refractivity contribution in [3.63, 3.8) is 0 Å². The lowest BCUT2D eigenvalue weighted by atomic mass is 10.3. The zero-order valence-corrected chi connectivity index (χ0v) is 12.7. The van der Waals surface area contributed by atoms with Crippen LogP contribution in [0, 0.1) is 10.1 Å². The lowest BCUT2D eigenvalue weighted by molar-refractivity contribution is -0.385. The molecule has 0 bridgehead atoms. The molecule has 8 nitrogen and oxygen atoms in total. The van der Waals surface area contributed by atoms with E-state index in [1.165, 1.54) is 6.07 Å². The van der Waals surface area contributed by atoms with E-state index in [0.717, 1.165) is 5.69 Å². The second-order valence-corrected chi connectivity index (χ2v) is 5.18. The molecule has 9 heteroatoms. The molecule has 0 unspecified atom stereocenters. The van der Waals surface area contributed by atoms with Crippen LogP contribution in [0.25, 0.3) is 0 Å². The first-order valence-corrected chi connectivity index (χ1v) is 7.07. The van der Waals surface area contributed by atoms with Gasteiger partial charge in [-0.05, 0) is 34.5 Å².